The molecule has 14 heavy (non-hydrogen) atoms. The first-order valence-corrected chi connectivity index (χ1v) is 5.26. The van der Waals surface area contributed by atoms with Crippen molar-refractivity contribution in [3.05, 3.63) is 5.82 Å². The number of piperidine rings is 1. The Bertz CT molecular complexity index is 287. The Balaban J connectivity index is 2.08. The van der Waals surface area contributed by atoms with Crippen LogP contribution >= 0.6 is 0 Å². The molecule has 0 amide bonds. The molecule has 1 fully saturated rings. The van der Waals surface area contributed by atoms with Crippen LogP contribution < -0.4 is 0 Å². The van der Waals surface area contributed by atoms with Crippen molar-refractivity contribution in [2.24, 2.45) is 0 Å². The molecule has 0 bridgehead atoms. The molecule has 1 aromatic heterocycles. The second kappa shape index (κ2) is 4.04. The summed E-state index contributed by atoms with van der Waals surface area (Å²) in [5.41, 5.74) is 0. The van der Waals surface area contributed by atoms with Gasteiger partial charge in [-0.1, -0.05) is 0 Å². The van der Waals surface area contributed by atoms with Gasteiger partial charge in [0.2, 0.25) is 0 Å². The molecule has 1 aromatic rings. The van der Waals surface area contributed by atoms with E-state index >= 15 is 0 Å². The minimum Gasteiger partial charge on any atom is -0.306 e. The van der Waals surface area contributed by atoms with Crippen LogP contribution in [0.3, 0.4) is 0 Å². The third-order valence-electron chi connectivity index (χ3n) is 2.94. The van der Waals surface area contributed by atoms with Crippen molar-refractivity contribution in [1.82, 2.24) is 25.1 Å². The monoisotopic (exact) mass is 195 g/mol. The van der Waals surface area contributed by atoms with Gasteiger partial charge in [0.25, 0.3) is 0 Å². The highest BCUT2D eigenvalue weighted by molar-refractivity contribution is 4.96. The van der Waals surface area contributed by atoms with Crippen molar-refractivity contribution in [2.75, 3.05) is 20.1 Å². The number of aromatic nitrogens is 4. The zero-order chi connectivity index (χ0) is 9.97. The first kappa shape index (κ1) is 9.58. The van der Waals surface area contributed by atoms with E-state index in [9.17, 15) is 0 Å². The maximum atomic E-state index is 4.12. The first-order chi connectivity index (χ1) is 6.81. The SMILES string of the molecule is CCn1nnnc1C1CCN(C)CC1. The Morgan fingerprint density at radius 3 is 2.71 bits per heavy atom. The molecule has 0 atom stereocenters. The summed E-state index contributed by atoms with van der Waals surface area (Å²) in [4.78, 5) is 2.36. The molecule has 1 aliphatic heterocycles. The molecule has 0 radical (unpaired) electrons. The maximum absolute atomic E-state index is 4.12. The van der Waals surface area contributed by atoms with E-state index in [1.165, 1.54) is 12.8 Å². The molecule has 0 N–H and O–H groups in total. The van der Waals surface area contributed by atoms with Gasteiger partial charge in [-0.05, 0) is 50.3 Å². The van der Waals surface area contributed by atoms with Crippen molar-refractivity contribution in [1.29, 1.82) is 0 Å². The van der Waals surface area contributed by atoms with Crippen LogP contribution in [0.4, 0.5) is 0 Å². The largest absolute Gasteiger partial charge is 0.306 e. The van der Waals surface area contributed by atoms with Gasteiger partial charge >= 0.3 is 0 Å². The molecular formula is C9H17N5. The Kier molecular flexibility index (Phi) is 2.77. The predicted molar refractivity (Wildman–Crippen MR) is 53.0 cm³/mol. The van der Waals surface area contributed by atoms with Crippen molar-refractivity contribution in [2.45, 2.75) is 32.2 Å². The quantitative estimate of drug-likeness (QED) is 0.689. The van der Waals surface area contributed by atoms with Crippen molar-refractivity contribution in [3.8, 4) is 0 Å². The number of hydrogen-bond donors (Lipinski definition) is 0. The average molecular weight is 195 g/mol. The molecule has 1 saturated heterocycles. The maximum Gasteiger partial charge on any atom is 0.154 e. The van der Waals surface area contributed by atoms with Crippen LogP contribution in [0.25, 0.3) is 0 Å². The first-order valence-electron chi connectivity index (χ1n) is 5.26. The minimum absolute atomic E-state index is 0.557. The van der Waals surface area contributed by atoms with E-state index < -0.39 is 0 Å². The van der Waals surface area contributed by atoms with E-state index in [2.05, 4.69) is 34.4 Å². The zero-order valence-electron chi connectivity index (χ0n) is 8.85. The van der Waals surface area contributed by atoms with Crippen LogP contribution in [0.2, 0.25) is 0 Å². The van der Waals surface area contributed by atoms with Gasteiger partial charge in [-0.3, -0.25) is 0 Å². The lowest BCUT2D eigenvalue weighted by atomic mass is 9.96. The summed E-state index contributed by atoms with van der Waals surface area (Å²) in [6.07, 6.45) is 2.35. The fourth-order valence-corrected chi connectivity index (χ4v) is 2.00. The van der Waals surface area contributed by atoms with Gasteiger partial charge in [0.15, 0.2) is 5.82 Å². The van der Waals surface area contributed by atoms with Gasteiger partial charge in [-0.2, -0.15) is 0 Å². The van der Waals surface area contributed by atoms with E-state index in [1.807, 2.05) is 4.68 Å². The third kappa shape index (κ3) is 1.77. The zero-order valence-corrected chi connectivity index (χ0v) is 8.85. The summed E-state index contributed by atoms with van der Waals surface area (Å²) in [5.74, 6) is 1.63. The molecule has 0 unspecified atom stereocenters. The second-order valence-corrected chi connectivity index (χ2v) is 3.93. The summed E-state index contributed by atoms with van der Waals surface area (Å²) >= 11 is 0. The van der Waals surface area contributed by atoms with Crippen LogP contribution in [0, 0.1) is 0 Å². The number of tetrazole rings is 1. The Morgan fingerprint density at radius 1 is 1.36 bits per heavy atom. The smallest absolute Gasteiger partial charge is 0.154 e. The summed E-state index contributed by atoms with van der Waals surface area (Å²) in [7, 11) is 2.17. The molecule has 1 aliphatic rings. The number of likely N-dealkylation sites (tertiary alicyclic amines) is 1. The highest BCUT2D eigenvalue weighted by atomic mass is 15.5. The molecule has 0 saturated carbocycles. The summed E-state index contributed by atoms with van der Waals surface area (Å²) in [6.45, 7) is 5.26. The molecule has 5 heteroatoms. The van der Waals surface area contributed by atoms with Gasteiger partial charge in [0.1, 0.15) is 0 Å². The van der Waals surface area contributed by atoms with Gasteiger partial charge < -0.3 is 4.90 Å². The van der Waals surface area contributed by atoms with Crippen LogP contribution in [-0.4, -0.2) is 45.2 Å². The Morgan fingerprint density at radius 2 is 2.07 bits per heavy atom. The van der Waals surface area contributed by atoms with Crippen LogP contribution in [-0.2, 0) is 6.54 Å². The topological polar surface area (TPSA) is 46.8 Å². The standard InChI is InChI=1S/C9H17N5/c1-3-14-9(10-11-12-14)8-4-6-13(2)7-5-8/h8H,3-7H2,1-2H3. The van der Waals surface area contributed by atoms with Crippen molar-refractivity contribution in [3.63, 3.8) is 0 Å². The summed E-state index contributed by atoms with van der Waals surface area (Å²) in [6, 6.07) is 0. The van der Waals surface area contributed by atoms with E-state index in [0.29, 0.717) is 5.92 Å². The highest BCUT2D eigenvalue weighted by Gasteiger charge is 2.22. The van der Waals surface area contributed by atoms with E-state index in [0.717, 1.165) is 25.5 Å². The van der Waals surface area contributed by atoms with Gasteiger partial charge in [-0.25, -0.2) is 4.68 Å². The lowest BCUT2D eigenvalue weighted by molar-refractivity contribution is 0.247. The number of rotatable bonds is 2. The fourth-order valence-electron chi connectivity index (χ4n) is 2.00. The van der Waals surface area contributed by atoms with E-state index in [-0.39, 0.29) is 0 Å². The molecule has 0 aliphatic carbocycles. The molecule has 78 valence electrons. The number of nitrogens with zero attached hydrogens (tertiary/aromatic N) is 5. The lowest BCUT2D eigenvalue weighted by Crippen LogP contribution is -2.30. The minimum atomic E-state index is 0.557. The van der Waals surface area contributed by atoms with Crippen molar-refractivity contribution < 1.29 is 0 Å². The molecule has 2 heterocycles. The molecule has 0 aromatic carbocycles. The van der Waals surface area contributed by atoms with Crippen LogP contribution in [0.15, 0.2) is 0 Å². The van der Waals surface area contributed by atoms with Crippen molar-refractivity contribution >= 4 is 0 Å². The van der Waals surface area contributed by atoms with Gasteiger partial charge in [0, 0.05) is 12.5 Å². The van der Waals surface area contributed by atoms with Gasteiger partial charge in [-0.15, -0.1) is 5.10 Å². The fraction of sp³-hybridized carbons (Fsp3) is 0.889. The summed E-state index contributed by atoms with van der Waals surface area (Å²) in [5, 5.41) is 11.8. The Hall–Kier alpha value is -0.970. The van der Waals surface area contributed by atoms with Crippen LogP contribution in [0.1, 0.15) is 31.5 Å². The van der Waals surface area contributed by atoms with Crippen LogP contribution in [0.5, 0.6) is 0 Å². The predicted octanol–water partition coefficient (Wildman–Crippen LogP) is 0.502. The molecule has 2 rings (SSSR count). The third-order valence-corrected chi connectivity index (χ3v) is 2.94. The normalized spacial score (nSPS) is 20.1. The van der Waals surface area contributed by atoms with E-state index in [4.69, 9.17) is 0 Å². The number of aryl methyl sites for hydroxylation is 1. The average Bonchev–Trinajstić information content (AvgIpc) is 2.67. The lowest BCUT2D eigenvalue weighted by Gasteiger charge is -2.27. The molecular weight excluding hydrogens is 178 g/mol. The highest BCUT2D eigenvalue weighted by Crippen LogP contribution is 2.24. The Labute approximate surface area is 84.1 Å². The van der Waals surface area contributed by atoms with Gasteiger partial charge in [0.05, 0.1) is 0 Å². The second-order valence-electron chi connectivity index (χ2n) is 3.93. The molecule has 0 spiro atoms. The molecule has 5 nitrogen and oxygen atoms in total. The van der Waals surface area contributed by atoms with E-state index in [1.54, 1.807) is 0 Å². The number of hydrogen-bond acceptors (Lipinski definition) is 4. The summed E-state index contributed by atoms with van der Waals surface area (Å²) < 4.78 is 1.91.